The zero-order valence-electron chi connectivity index (χ0n) is 16.0. The molecule has 1 aromatic carbocycles. The predicted octanol–water partition coefficient (Wildman–Crippen LogP) is 2.85. The maximum Gasteiger partial charge on any atom is 0.257 e. The molecule has 0 saturated carbocycles. The zero-order chi connectivity index (χ0) is 19.3. The lowest BCUT2D eigenvalue weighted by Gasteiger charge is -2.31. The fourth-order valence-electron chi connectivity index (χ4n) is 3.95. The van der Waals surface area contributed by atoms with E-state index in [1.165, 1.54) is 0 Å². The van der Waals surface area contributed by atoms with Crippen molar-refractivity contribution in [3.8, 4) is 0 Å². The topological polar surface area (TPSA) is 63.0 Å². The molecule has 3 heterocycles. The Morgan fingerprint density at radius 2 is 1.82 bits per heavy atom. The highest BCUT2D eigenvalue weighted by molar-refractivity contribution is 5.99. The van der Waals surface area contributed by atoms with Gasteiger partial charge in [-0.15, -0.1) is 0 Å². The number of nitrogens with zero attached hydrogens (tertiary/aromatic N) is 2. The fraction of sp³-hybridized carbons (Fsp3) is 0.455. The summed E-state index contributed by atoms with van der Waals surface area (Å²) < 4.78 is 11.0. The van der Waals surface area contributed by atoms with Crippen LogP contribution in [-0.2, 0) is 11.3 Å². The van der Waals surface area contributed by atoms with Gasteiger partial charge in [0.05, 0.1) is 25.3 Å². The van der Waals surface area contributed by atoms with E-state index >= 15 is 0 Å². The second-order valence-electron chi connectivity index (χ2n) is 7.51. The molecular formula is C22H26N2O4. The molecule has 0 aliphatic carbocycles. The number of morpholine rings is 1. The highest BCUT2D eigenvalue weighted by Crippen LogP contribution is 2.23. The Kier molecular flexibility index (Phi) is 5.88. The Morgan fingerprint density at radius 3 is 2.61 bits per heavy atom. The summed E-state index contributed by atoms with van der Waals surface area (Å²) in [4.78, 5) is 29.7. The average molecular weight is 382 g/mol. The molecule has 1 aromatic heterocycles. The van der Waals surface area contributed by atoms with E-state index in [1.54, 1.807) is 11.2 Å². The van der Waals surface area contributed by atoms with Gasteiger partial charge < -0.3 is 14.1 Å². The number of benzene rings is 1. The number of rotatable bonds is 5. The van der Waals surface area contributed by atoms with E-state index in [4.69, 9.17) is 9.15 Å². The molecule has 2 aliphatic heterocycles. The first-order valence-electron chi connectivity index (χ1n) is 9.97. The van der Waals surface area contributed by atoms with Crippen molar-refractivity contribution in [1.82, 2.24) is 9.80 Å². The standard InChI is InChI=1S/C22H26N2O4/c25-21(17-5-2-1-3-6-17)18-7-4-8-24(14-18)22(26)19-13-20(28-16-19)15-23-9-11-27-12-10-23/h1-3,5-6,13,16,18H,4,7-12,14-15H2/t18-/m0/s1. The SMILES string of the molecule is O=C(c1ccccc1)[C@H]1CCCN(C(=O)c2coc(CN3CCOCC3)c2)C1. The van der Waals surface area contributed by atoms with E-state index in [1.807, 2.05) is 36.4 Å². The van der Waals surface area contributed by atoms with E-state index in [0.717, 1.165) is 50.5 Å². The van der Waals surface area contributed by atoms with Crippen molar-refractivity contribution in [2.24, 2.45) is 5.92 Å². The van der Waals surface area contributed by atoms with Gasteiger partial charge in [-0.1, -0.05) is 30.3 Å². The first kappa shape index (κ1) is 18.9. The van der Waals surface area contributed by atoms with Crippen LogP contribution in [0.5, 0.6) is 0 Å². The van der Waals surface area contributed by atoms with Gasteiger partial charge in [-0.25, -0.2) is 0 Å². The number of ketones is 1. The number of piperidine rings is 1. The number of likely N-dealkylation sites (tertiary alicyclic amines) is 1. The van der Waals surface area contributed by atoms with Gasteiger partial charge >= 0.3 is 0 Å². The average Bonchev–Trinajstić information content (AvgIpc) is 3.22. The molecule has 6 nitrogen and oxygen atoms in total. The zero-order valence-corrected chi connectivity index (χ0v) is 16.0. The lowest BCUT2D eigenvalue weighted by Crippen LogP contribution is -2.42. The van der Waals surface area contributed by atoms with Gasteiger partial charge in [0.15, 0.2) is 5.78 Å². The van der Waals surface area contributed by atoms with Gasteiger partial charge in [-0.2, -0.15) is 0 Å². The number of ether oxygens (including phenoxy) is 1. The van der Waals surface area contributed by atoms with Crippen molar-refractivity contribution in [1.29, 1.82) is 0 Å². The van der Waals surface area contributed by atoms with Crippen LogP contribution in [0.3, 0.4) is 0 Å². The number of furan rings is 1. The Bertz CT molecular complexity index is 811. The normalized spacial score (nSPS) is 20.9. The lowest BCUT2D eigenvalue weighted by atomic mass is 9.90. The minimum Gasteiger partial charge on any atom is -0.467 e. The summed E-state index contributed by atoms with van der Waals surface area (Å²) in [5.74, 6) is 0.722. The monoisotopic (exact) mass is 382 g/mol. The van der Waals surface area contributed by atoms with E-state index in [-0.39, 0.29) is 17.6 Å². The summed E-state index contributed by atoms with van der Waals surface area (Å²) >= 11 is 0. The van der Waals surface area contributed by atoms with Gasteiger partial charge in [0.1, 0.15) is 12.0 Å². The quantitative estimate of drug-likeness (QED) is 0.744. The molecule has 0 spiro atoms. The van der Waals surface area contributed by atoms with E-state index in [2.05, 4.69) is 4.90 Å². The van der Waals surface area contributed by atoms with Crippen LogP contribution in [0, 0.1) is 5.92 Å². The third kappa shape index (κ3) is 4.34. The second-order valence-corrected chi connectivity index (χ2v) is 7.51. The Morgan fingerprint density at radius 1 is 1.04 bits per heavy atom. The molecule has 2 saturated heterocycles. The summed E-state index contributed by atoms with van der Waals surface area (Å²) in [6.07, 6.45) is 3.21. The summed E-state index contributed by atoms with van der Waals surface area (Å²) in [6.45, 7) is 5.05. The van der Waals surface area contributed by atoms with Gasteiger partial charge in [0, 0.05) is 37.7 Å². The largest absolute Gasteiger partial charge is 0.467 e. The molecule has 1 amide bonds. The van der Waals surface area contributed by atoms with Crippen molar-refractivity contribution in [3.05, 3.63) is 59.5 Å². The van der Waals surface area contributed by atoms with Crippen LogP contribution in [0.2, 0.25) is 0 Å². The Balaban J connectivity index is 1.38. The van der Waals surface area contributed by atoms with Crippen LogP contribution in [-0.4, -0.2) is 60.9 Å². The molecule has 0 bridgehead atoms. The highest BCUT2D eigenvalue weighted by Gasteiger charge is 2.30. The fourth-order valence-corrected chi connectivity index (χ4v) is 3.95. The van der Waals surface area contributed by atoms with Crippen LogP contribution < -0.4 is 0 Å². The van der Waals surface area contributed by atoms with Crippen LogP contribution in [0.4, 0.5) is 0 Å². The van der Waals surface area contributed by atoms with Crippen LogP contribution in [0.15, 0.2) is 47.1 Å². The third-order valence-corrected chi connectivity index (χ3v) is 5.52. The van der Waals surface area contributed by atoms with E-state index in [9.17, 15) is 9.59 Å². The van der Waals surface area contributed by atoms with E-state index in [0.29, 0.717) is 25.2 Å². The highest BCUT2D eigenvalue weighted by atomic mass is 16.5. The summed E-state index contributed by atoms with van der Waals surface area (Å²) in [6, 6.07) is 11.2. The molecule has 6 heteroatoms. The molecule has 1 atom stereocenters. The smallest absolute Gasteiger partial charge is 0.257 e. The minimum atomic E-state index is -0.139. The Labute approximate surface area is 165 Å². The van der Waals surface area contributed by atoms with Crippen molar-refractivity contribution < 1.29 is 18.7 Å². The van der Waals surface area contributed by atoms with Crippen molar-refractivity contribution in [2.45, 2.75) is 19.4 Å². The van der Waals surface area contributed by atoms with Gasteiger partial charge in [-0.05, 0) is 18.9 Å². The molecule has 4 rings (SSSR count). The molecule has 0 N–H and O–H groups in total. The summed E-state index contributed by atoms with van der Waals surface area (Å²) in [5, 5.41) is 0. The minimum absolute atomic E-state index is 0.0532. The van der Waals surface area contributed by atoms with Crippen LogP contribution >= 0.6 is 0 Å². The molecule has 2 fully saturated rings. The second kappa shape index (κ2) is 8.71. The molecule has 28 heavy (non-hydrogen) atoms. The number of amides is 1. The van der Waals surface area contributed by atoms with Crippen LogP contribution in [0.1, 0.15) is 39.3 Å². The molecular weight excluding hydrogens is 356 g/mol. The summed E-state index contributed by atoms with van der Waals surface area (Å²) in [7, 11) is 0. The maximum atomic E-state index is 12.9. The van der Waals surface area contributed by atoms with Crippen molar-refractivity contribution in [2.75, 3.05) is 39.4 Å². The lowest BCUT2D eigenvalue weighted by molar-refractivity contribution is 0.0313. The number of hydrogen-bond acceptors (Lipinski definition) is 5. The van der Waals surface area contributed by atoms with Gasteiger partial charge in [-0.3, -0.25) is 14.5 Å². The number of carbonyl (C=O) groups excluding carboxylic acids is 2. The first-order valence-corrected chi connectivity index (χ1v) is 9.97. The molecule has 2 aliphatic rings. The maximum absolute atomic E-state index is 12.9. The van der Waals surface area contributed by atoms with Gasteiger partial charge in [0.2, 0.25) is 0 Å². The third-order valence-electron chi connectivity index (χ3n) is 5.52. The van der Waals surface area contributed by atoms with Gasteiger partial charge in [0.25, 0.3) is 5.91 Å². The number of hydrogen-bond donors (Lipinski definition) is 0. The van der Waals surface area contributed by atoms with Crippen molar-refractivity contribution >= 4 is 11.7 Å². The number of Topliss-reactive ketones (excluding diaryl/α,β-unsaturated/α-hetero) is 1. The first-order chi connectivity index (χ1) is 13.7. The van der Waals surface area contributed by atoms with E-state index < -0.39 is 0 Å². The molecule has 0 radical (unpaired) electrons. The molecule has 0 unspecified atom stereocenters. The van der Waals surface area contributed by atoms with Crippen molar-refractivity contribution in [3.63, 3.8) is 0 Å². The van der Waals surface area contributed by atoms with Crippen LogP contribution in [0.25, 0.3) is 0 Å². The number of carbonyl (C=O) groups is 2. The predicted molar refractivity (Wildman–Crippen MR) is 104 cm³/mol. The summed E-state index contributed by atoms with van der Waals surface area (Å²) in [5.41, 5.74) is 1.29. The Hall–Kier alpha value is -2.44. The molecule has 148 valence electrons. The molecule has 2 aromatic rings.